The number of fused-ring (bicyclic) bond motifs is 3. The Bertz CT molecular complexity index is 2620. The van der Waals surface area contributed by atoms with Crippen molar-refractivity contribution in [1.82, 2.24) is 29.4 Å². The van der Waals surface area contributed by atoms with Gasteiger partial charge in [-0.25, -0.2) is 13.6 Å². The Morgan fingerprint density at radius 1 is 0.970 bits per heavy atom. The number of hydroxylamine groups is 2. The first kappa shape index (κ1) is 43.2. The van der Waals surface area contributed by atoms with Crippen LogP contribution in [0.4, 0.5) is 37.3 Å². The van der Waals surface area contributed by atoms with Gasteiger partial charge in [0.25, 0.3) is 6.43 Å². The number of hydrogen-bond acceptors (Lipinski definition) is 11. The molecule has 11 rings (SSSR count). The van der Waals surface area contributed by atoms with E-state index in [0.29, 0.717) is 30.5 Å². The third-order valence-corrected chi connectivity index (χ3v) is 15.5. The Morgan fingerprint density at radius 2 is 1.76 bits per heavy atom. The Morgan fingerprint density at radius 3 is 2.50 bits per heavy atom. The molecule has 6 aliphatic rings. The van der Waals surface area contributed by atoms with Crippen LogP contribution in [0.1, 0.15) is 97.8 Å². The van der Waals surface area contributed by atoms with E-state index in [1.807, 2.05) is 44.6 Å². The maximum atomic E-state index is 14.8. The van der Waals surface area contributed by atoms with Crippen molar-refractivity contribution >= 4 is 34.5 Å². The van der Waals surface area contributed by atoms with Crippen LogP contribution in [0.15, 0.2) is 67.0 Å². The van der Waals surface area contributed by atoms with Crippen molar-refractivity contribution in [3.05, 3.63) is 106 Å². The van der Waals surface area contributed by atoms with Crippen molar-refractivity contribution in [2.24, 2.45) is 7.05 Å². The third kappa shape index (κ3) is 7.73. The Kier molecular flexibility index (Phi) is 11.2. The molecule has 3 aromatic carbocycles. The van der Waals surface area contributed by atoms with Crippen LogP contribution in [0, 0.1) is 5.21 Å². The molecule has 0 spiro atoms. The lowest BCUT2D eigenvalue weighted by Gasteiger charge is -2.37. The molecule has 5 aromatic rings. The number of anilines is 5. The van der Waals surface area contributed by atoms with Crippen molar-refractivity contribution in [2.45, 2.75) is 115 Å². The molecule has 3 unspecified atom stereocenters. The monoisotopic (exact) mass is 901 g/mol. The first-order valence-corrected chi connectivity index (χ1v) is 23.9. The van der Waals surface area contributed by atoms with Crippen molar-refractivity contribution in [2.75, 3.05) is 59.8 Å². The molecule has 1 aliphatic carbocycles. The van der Waals surface area contributed by atoms with Crippen molar-refractivity contribution in [3.63, 3.8) is 0 Å². The van der Waals surface area contributed by atoms with Gasteiger partial charge >= 0.3 is 5.91 Å². The summed E-state index contributed by atoms with van der Waals surface area (Å²) in [6, 6.07) is 17.9. The van der Waals surface area contributed by atoms with Crippen LogP contribution < -0.4 is 25.1 Å². The first-order valence-electron chi connectivity index (χ1n) is 23.9. The smallest absolute Gasteiger partial charge is 0.334 e. The Balaban J connectivity index is 0.771. The molecule has 66 heavy (non-hydrogen) atoms. The van der Waals surface area contributed by atoms with Gasteiger partial charge in [-0.2, -0.15) is 10.2 Å². The average Bonchev–Trinajstić information content (AvgIpc) is 3.62. The summed E-state index contributed by atoms with van der Waals surface area (Å²) >= 11 is 0. The fraction of sp³-hybridized carbons (Fsp3) is 0.500. The van der Waals surface area contributed by atoms with Gasteiger partial charge < -0.3 is 35.4 Å². The molecule has 0 bridgehead atoms. The lowest BCUT2D eigenvalue weighted by Crippen LogP contribution is -3.13. The number of nitrogens with zero attached hydrogens (tertiary/aromatic N) is 9. The van der Waals surface area contributed by atoms with Crippen LogP contribution in [0.5, 0.6) is 0 Å². The van der Waals surface area contributed by atoms with E-state index in [-0.39, 0.29) is 28.8 Å². The number of quaternary nitrogens is 1. The van der Waals surface area contributed by atoms with Gasteiger partial charge in [-0.05, 0) is 105 Å². The van der Waals surface area contributed by atoms with E-state index in [1.54, 1.807) is 26.7 Å². The second-order valence-corrected chi connectivity index (χ2v) is 19.8. The first-order chi connectivity index (χ1) is 31.9. The van der Waals surface area contributed by atoms with E-state index in [0.717, 1.165) is 111 Å². The van der Waals surface area contributed by atoms with E-state index in [1.165, 1.54) is 29.7 Å². The van der Waals surface area contributed by atoms with Crippen molar-refractivity contribution in [3.8, 4) is 11.1 Å². The summed E-state index contributed by atoms with van der Waals surface area (Å²) in [4.78, 5) is 23.7. The van der Waals surface area contributed by atoms with Gasteiger partial charge in [0.2, 0.25) is 6.35 Å². The van der Waals surface area contributed by atoms with E-state index >= 15 is 0 Å². The molecule has 3 N–H and O–H groups in total. The summed E-state index contributed by atoms with van der Waals surface area (Å²) in [5, 5.41) is 36.5. The Labute approximate surface area is 384 Å². The molecule has 348 valence electrons. The van der Waals surface area contributed by atoms with Gasteiger partial charge in [0, 0.05) is 106 Å². The summed E-state index contributed by atoms with van der Waals surface area (Å²) < 4.78 is 33.7. The SMILES string of the molecule is CN1c2c(NCc3ccc(CN4CCC(n5nc(N6CCCc7cc(-c8cnn(C)c8)c(C(F)F)cc76)c6c5CCN(C5(C)CC5)C6)CC4)cc3)cccc2N(C2CCC[NH+]([O-])C2=O)C1O. The number of amides is 1. The summed E-state index contributed by atoms with van der Waals surface area (Å²) in [7, 11) is 3.63. The van der Waals surface area contributed by atoms with Crippen molar-refractivity contribution in [1.29, 1.82) is 0 Å². The minimum Gasteiger partial charge on any atom is -0.627 e. The van der Waals surface area contributed by atoms with Crippen molar-refractivity contribution < 1.29 is 23.7 Å². The zero-order valence-electron chi connectivity index (χ0n) is 38.2. The molecule has 14 nitrogen and oxygen atoms in total. The maximum Gasteiger partial charge on any atom is 0.334 e. The molecule has 3 atom stereocenters. The van der Waals surface area contributed by atoms with Gasteiger partial charge in [-0.3, -0.25) is 19.2 Å². The molecule has 2 aromatic heterocycles. The van der Waals surface area contributed by atoms with Crippen LogP contribution in [-0.2, 0) is 44.3 Å². The number of aryl methyl sites for hydroxylation is 2. The van der Waals surface area contributed by atoms with Crippen LogP contribution in [0.2, 0.25) is 0 Å². The molecule has 16 heteroatoms. The fourth-order valence-electron chi connectivity index (χ4n) is 11.5. The van der Waals surface area contributed by atoms with Gasteiger partial charge in [0.05, 0.1) is 35.8 Å². The van der Waals surface area contributed by atoms with Gasteiger partial charge in [0.15, 0.2) is 5.82 Å². The molecule has 3 fully saturated rings. The minimum absolute atomic E-state index is 0.0417. The summed E-state index contributed by atoms with van der Waals surface area (Å²) in [6.45, 7) is 8.61. The molecule has 0 radical (unpaired) electrons. The topological polar surface area (TPSA) is 129 Å². The van der Waals surface area contributed by atoms with E-state index in [9.17, 15) is 23.9 Å². The standard InChI is InChI=1S/C50H61F2N11O3/c1-50(18-19-50)59-24-17-41-39(31-59)47(60-20-5-7-34-25-37(35-28-54-56(2)30-35)38(46(51)52)26-44(34)60)55-63(41)36-15-22-58(23-16-36)29-33-13-11-32(12-14-33)27-53-40-8-4-9-42-45(40)57(3)49(65)62(42)43-10-6-21-61(66)48(43)64/h4,8-9,11-14,25-26,28,30,36,43,46,49,53,61,65H,5-7,10,15-24,27,29,31H2,1-3H3. The number of piperidine rings is 2. The highest BCUT2D eigenvalue weighted by atomic mass is 19.3. The maximum absolute atomic E-state index is 14.8. The molecular formula is C50H61F2N11O3. The number of benzene rings is 3. The quantitative estimate of drug-likeness (QED) is 0.130. The summed E-state index contributed by atoms with van der Waals surface area (Å²) in [6.07, 6.45) is 8.12. The number of likely N-dealkylation sites (tertiary alicyclic amines) is 1. The normalized spacial score (nSPS) is 23.4. The minimum atomic E-state index is -2.62. The van der Waals surface area contributed by atoms with Crippen LogP contribution in [-0.4, -0.2) is 98.1 Å². The molecule has 1 saturated carbocycles. The number of halogens is 2. The fourth-order valence-corrected chi connectivity index (χ4v) is 11.5. The van der Waals surface area contributed by atoms with E-state index in [2.05, 4.69) is 61.0 Å². The number of aromatic nitrogens is 4. The summed E-state index contributed by atoms with van der Waals surface area (Å²) in [5.41, 5.74) is 10.9. The number of aliphatic hydroxyl groups is 1. The third-order valence-electron chi connectivity index (χ3n) is 15.5. The molecule has 5 aliphatic heterocycles. The number of carbonyl (C=O) groups is 1. The average molecular weight is 902 g/mol. The summed E-state index contributed by atoms with van der Waals surface area (Å²) in [5.74, 6) is 0.528. The number of nitrogens with one attached hydrogen (secondary N) is 2. The highest BCUT2D eigenvalue weighted by molar-refractivity contribution is 5.91. The largest absolute Gasteiger partial charge is 0.627 e. The molecular weight excluding hydrogens is 841 g/mol. The Hall–Kier alpha value is -5.39. The molecule has 7 heterocycles. The van der Waals surface area contributed by atoms with Gasteiger partial charge in [-0.1, -0.05) is 30.3 Å². The zero-order chi connectivity index (χ0) is 45.4. The van der Waals surface area contributed by atoms with Crippen LogP contribution in [0.25, 0.3) is 11.1 Å². The lowest BCUT2D eigenvalue weighted by atomic mass is 9.92. The second-order valence-electron chi connectivity index (χ2n) is 19.8. The number of aliphatic hydroxyl groups excluding tert-OH is 1. The van der Waals surface area contributed by atoms with Gasteiger partial charge in [-0.15, -0.1) is 0 Å². The number of carbonyl (C=O) groups excluding carboxylic acids is 1. The highest BCUT2D eigenvalue weighted by Gasteiger charge is 2.47. The number of hydrogen-bond donors (Lipinski definition) is 3. The van der Waals surface area contributed by atoms with Gasteiger partial charge in [0.1, 0.15) is 6.04 Å². The second kappa shape index (κ2) is 17.0. The van der Waals surface area contributed by atoms with E-state index in [4.69, 9.17) is 5.10 Å². The molecule has 1 amide bonds. The number of para-hydroxylation sites is 1. The predicted molar refractivity (Wildman–Crippen MR) is 251 cm³/mol. The number of rotatable bonds is 11. The van der Waals surface area contributed by atoms with E-state index < -0.39 is 24.7 Å². The predicted octanol–water partition coefficient (Wildman–Crippen LogP) is 6.27. The highest BCUT2D eigenvalue weighted by Crippen LogP contribution is 2.48. The lowest BCUT2D eigenvalue weighted by molar-refractivity contribution is -0.770. The van der Waals surface area contributed by atoms with Crippen LogP contribution in [0.3, 0.4) is 0 Å². The number of alkyl halides is 2. The molecule has 2 saturated heterocycles. The van der Waals surface area contributed by atoms with Crippen LogP contribution >= 0.6 is 0 Å². The zero-order valence-corrected chi connectivity index (χ0v) is 38.2.